The largest absolute Gasteiger partial charge is 0.326 e. The number of thioether (sulfide) groups is 1. The third-order valence-corrected chi connectivity index (χ3v) is 5.60. The van der Waals surface area contributed by atoms with Crippen molar-refractivity contribution in [3.05, 3.63) is 76.9 Å². The maximum absolute atomic E-state index is 13.6. The number of anilines is 1. The lowest BCUT2D eigenvalue weighted by Gasteiger charge is -2.13. The van der Waals surface area contributed by atoms with E-state index in [2.05, 4.69) is 20.7 Å². The van der Waals surface area contributed by atoms with E-state index in [0.717, 1.165) is 34.1 Å². The van der Waals surface area contributed by atoms with Gasteiger partial charge in [-0.15, -0.1) is 11.8 Å². The van der Waals surface area contributed by atoms with Crippen molar-refractivity contribution in [1.29, 1.82) is 0 Å². The molecule has 1 amide bonds. The van der Waals surface area contributed by atoms with Crippen LogP contribution in [-0.2, 0) is 13.1 Å². The molecule has 8 heteroatoms. The van der Waals surface area contributed by atoms with Crippen molar-refractivity contribution >= 4 is 29.3 Å². The molecule has 0 fully saturated rings. The number of aromatic nitrogens is 2. The van der Waals surface area contributed by atoms with Crippen molar-refractivity contribution < 1.29 is 9.18 Å². The Bertz CT molecular complexity index is 1110. The lowest BCUT2D eigenvalue weighted by atomic mass is 10.2. The maximum atomic E-state index is 13.6. The molecule has 162 valence electrons. The third kappa shape index (κ3) is 5.73. The zero-order valence-electron chi connectivity index (χ0n) is 18.1. The summed E-state index contributed by atoms with van der Waals surface area (Å²) in [4.78, 5) is 18.4. The van der Waals surface area contributed by atoms with Gasteiger partial charge in [-0.1, -0.05) is 12.1 Å². The lowest BCUT2D eigenvalue weighted by Crippen LogP contribution is -2.36. The zero-order valence-corrected chi connectivity index (χ0v) is 18.9. The highest BCUT2D eigenvalue weighted by atomic mass is 32.2. The van der Waals surface area contributed by atoms with Crippen LogP contribution < -0.4 is 10.6 Å². The second-order valence-corrected chi connectivity index (χ2v) is 7.83. The summed E-state index contributed by atoms with van der Waals surface area (Å²) < 4.78 is 15.5. The zero-order chi connectivity index (χ0) is 22.4. The number of rotatable bonds is 6. The van der Waals surface area contributed by atoms with Crippen LogP contribution in [0.15, 0.2) is 58.4 Å². The highest BCUT2D eigenvalue weighted by Gasteiger charge is 2.13. The molecule has 0 aliphatic carbocycles. The van der Waals surface area contributed by atoms with E-state index in [9.17, 15) is 9.18 Å². The highest BCUT2D eigenvalue weighted by Crippen LogP contribution is 2.19. The fraction of sp³-hybridized carbons (Fsp3) is 0.261. The van der Waals surface area contributed by atoms with Crippen molar-refractivity contribution in [1.82, 2.24) is 15.1 Å². The first-order valence-corrected chi connectivity index (χ1v) is 11.2. The van der Waals surface area contributed by atoms with E-state index in [1.165, 1.54) is 18.2 Å². The average molecular weight is 440 g/mol. The van der Waals surface area contributed by atoms with E-state index >= 15 is 0 Å². The van der Waals surface area contributed by atoms with E-state index in [1.807, 2.05) is 56.0 Å². The molecule has 1 aromatic heterocycles. The molecular formula is C23H26FN5OS. The van der Waals surface area contributed by atoms with Crippen LogP contribution in [-0.4, -0.2) is 27.9 Å². The second kappa shape index (κ2) is 10.3. The fourth-order valence-electron chi connectivity index (χ4n) is 3.19. The fourth-order valence-corrected chi connectivity index (χ4v) is 3.65. The molecule has 0 radical (unpaired) electrons. The summed E-state index contributed by atoms with van der Waals surface area (Å²) in [6.45, 7) is 7.13. The molecule has 0 spiro atoms. The van der Waals surface area contributed by atoms with Crippen molar-refractivity contribution in [2.24, 2.45) is 4.99 Å². The molecule has 3 aromatic rings. The van der Waals surface area contributed by atoms with Gasteiger partial charge in [0.15, 0.2) is 0 Å². The Kier molecular flexibility index (Phi) is 7.46. The molecule has 1 heterocycles. The van der Waals surface area contributed by atoms with Crippen LogP contribution in [0.5, 0.6) is 0 Å². The number of benzene rings is 2. The number of aliphatic imine (C=N–C) groups is 1. The smallest absolute Gasteiger partial charge is 0.258 e. The van der Waals surface area contributed by atoms with Gasteiger partial charge in [0.05, 0.1) is 12.2 Å². The summed E-state index contributed by atoms with van der Waals surface area (Å²) >= 11 is 1.62. The number of hydrogen-bond donors (Lipinski definition) is 2. The molecule has 0 saturated heterocycles. The Morgan fingerprint density at radius 1 is 1.19 bits per heavy atom. The van der Waals surface area contributed by atoms with Gasteiger partial charge in [-0.25, -0.2) is 9.38 Å². The second-order valence-electron chi connectivity index (χ2n) is 6.95. The van der Waals surface area contributed by atoms with Gasteiger partial charge in [0.2, 0.25) is 5.96 Å². The predicted molar refractivity (Wildman–Crippen MR) is 124 cm³/mol. The summed E-state index contributed by atoms with van der Waals surface area (Å²) in [5.74, 6) is -0.620. The number of aryl methyl sites for hydroxylation is 2. The van der Waals surface area contributed by atoms with Crippen molar-refractivity contribution in [3.63, 3.8) is 0 Å². The minimum Gasteiger partial charge on any atom is -0.326 e. The summed E-state index contributed by atoms with van der Waals surface area (Å²) in [5.41, 5.74) is 3.98. The summed E-state index contributed by atoms with van der Waals surface area (Å²) in [6, 6.07) is 13.4. The standard InChI is InChI=1S/C23H26FN5OS/c1-5-29-16(3)21(15(2)28-29)14-25-23(26-19-10-7-11-20(13-19)31-4)27-22(30)17-8-6-9-18(24)12-17/h6-13H,5,14H2,1-4H3,(H2,25,26,27,30). The SMILES string of the molecule is CCn1nc(C)c(CN=C(NC(=O)c2cccc(F)c2)Nc2cccc(SC)c2)c1C. The number of hydrogen-bond acceptors (Lipinski definition) is 4. The Hall–Kier alpha value is -3.13. The minimum atomic E-state index is -0.468. The van der Waals surface area contributed by atoms with Gasteiger partial charge >= 0.3 is 0 Å². The van der Waals surface area contributed by atoms with E-state index in [4.69, 9.17) is 0 Å². The topological polar surface area (TPSA) is 71.3 Å². The van der Waals surface area contributed by atoms with Gasteiger partial charge in [-0.3, -0.25) is 14.8 Å². The molecule has 6 nitrogen and oxygen atoms in total. The Morgan fingerprint density at radius 3 is 2.65 bits per heavy atom. The van der Waals surface area contributed by atoms with Crippen molar-refractivity contribution in [2.45, 2.75) is 38.8 Å². The molecule has 2 aromatic carbocycles. The van der Waals surface area contributed by atoms with E-state index in [1.54, 1.807) is 17.8 Å². The molecule has 2 N–H and O–H groups in total. The molecule has 31 heavy (non-hydrogen) atoms. The number of nitrogens with one attached hydrogen (secondary N) is 2. The van der Waals surface area contributed by atoms with Gasteiger partial charge in [0, 0.05) is 33.9 Å². The van der Waals surface area contributed by atoms with Crippen LogP contribution in [0.2, 0.25) is 0 Å². The summed E-state index contributed by atoms with van der Waals surface area (Å²) in [5, 5.41) is 10.5. The number of guanidine groups is 1. The first kappa shape index (κ1) is 22.6. The van der Waals surface area contributed by atoms with Crippen LogP contribution in [0.25, 0.3) is 0 Å². The van der Waals surface area contributed by atoms with Crippen LogP contribution in [0.1, 0.15) is 34.2 Å². The number of carbonyl (C=O) groups excluding carboxylic acids is 1. The average Bonchev–Trinajstić information content (AvgIpc) is 3.04. The third-order valence-electron chi connectivity index (χ3n) is 4.88. The quantitative estimate of drug-likeness (QED) is 0.329. The highest BCUT2D eigenvalue weighted by molar-refractivity contribution is 7.98. The van der Waals surface area contributed by atoms with Crippen molar-refractivity contribution in [3.8, 4) is 0 Å². The number of nitrogens with zero attached hydrogens (tertiary/aromatic N) is 3. The molecule has 0 atom stereocenters. The lowest BCUT2D eigenvalue weighted by molar-refractivity contribution is 0.0976. The molecule has 3 rings (SSSR count). The van der Waals surface area contributed by atoms with E-state index in [-0.39, 0.29) is 11.5 Å². The van der Waals surface area contributed by atoms with Gasteiger partial charge in [0.1, 0.15) is 5.82 Å². The number of halogens is 1. The normalized spacial score (nSPS) is 11.5. The number of carbonyl (C=O) groups is 1. The first-order chi connectivity index (χ1) is 14.9. The summed E-state index contributed by atoms with van der Waals surface area (Å²) in [7, 11) is 0. The molecule has 0 aliphatic rings. The first-order valence-electron chi connectivity index (χ1n) is 9.96. The van der Waals surface area contributed by atoms with Gasteiger partial charge in [-0.05, 0) is 63.4 Å². The summed E-state index contributed by atoms with van der Waals surface area (Å²) in [6.07, 6.45) is 2.00. The Balaban J connectivity index is 1.88. The minimum absolute atomic E-state index is 0.221. The molecule has 0 bridgehead atoms. The van der Waals surface area contributed by atoms with Crippen molar-refractivity contribution in [2.75, 3.05) is 11.6 Å². The van der Waals surface area contributed by atoms with Gasteiger partial charge in [-0.2, -0.15) is 5.10 Å². The molecule has 0 saturated carbocycles. The number of amides is 1. The van der Waals surface area contributed by atoms with E-state index < -0.39 is 11.7 Å². The predicted octanol–water partition coefficient (Wildman–Crippen LogP) is 4.78. The van der Waals surface area contributed by atoms with Crippen LogP contribution >= 0.6 is 11.8 Å². The van der Waals surface area contributed by atoms with Crippen LogP contribution in [0.4, 0.5) is 10.1 Å². The maximum Gasteiger partial charge on any atom is 0.258 e. The molecule has 0 unspecified atom stereocenters. The van der Waals surface area contributed by atoms with Crippen LogP contribution in [0.3, 0.4) is 0 Å². The van der Waals surface area contributed by atoms with E-state index in [0.29, 0.717) is 6.54 Å². The van der Waals surface area contributed by atoms with Gasteiger partial charge in [0.25, 0.3) is 5.91 Å². The Morgan fingerprint density at radius 2 is 1.97 bits per heavy atom. The van der Waals surface area contributed by atoms with Crippen LogP contribution in [0, 0.1) is 19.7 Å². The molecular weight excluding hydrogens is 413 g/mol. The van der Waals surface area contributed by atoms with Gasteiger partial charge < -0.3 is 5.32 Å². The monoisotopic (exact) mass is 439 g/mol. The Labute approximate surface area is 186 Å². The molecule has 0 aliphatic heterocycles.